The summed E-state index contributed by atoms with van der Waals surface area (Å²) >= 11 is 0. The molecule has 0 heterocycles. The van der Waals surface area contributed by atoms with Crippen molar-refractivity contribution in [3.05, 3.63) is 48.0 Å². The van der Waals surface area contributed by atoms with Crippen molar-refractivity contribution in [2.24, 2.45) is 0 Å². The Kier molecular flexibility index (Phi) is 4.09. The van der Waals surface area contributed by atoms with Gasteiger partial charge in [0.25, 0.3) is 10.0 Å². The maximum atomic E-state index is 12.8. The molecular formula is C15H18N2O3S. The van der Waals surface area contributed by atoms with Crippen LogP contribution in [0.2, 0.25) is 0 Å². The molecule has 6 heteroatoms. The van der Waals surface area contributed by atoms with Crippen LogP contribution in [0.4, 0.5) is 11.4 Å². The van der Waals surface area contributed by atoms with Crippen molar-refractivity contribution in [3.8, 4) is 5.75 Å². The molecule has 21 heavy (non-hydrogen) atoms. The Hall–Kier alpha value is -2.21. The molecule has 0 atom stereocenters. The number of ether oxygens (including phenoxy) is 1. The second-order valence-electron chi connectivity index (χ2n) is 4.61. The third kappa shape index (κ3) is 2.67. The summed E-state index contributed by atoms with van der Waals surface area (Å²) in [6, 6.07) is 11.8. The van der Waals surface area contributed by atoms with Gasteiger partial charge in [-0.2, -0.15) is 0 Å². The number of hydrogen-bond acceptors (Lipinski definition) is 4. The fourth-order valence-electron chi connectivity index (χ4n) is 2.08. The molecule has 2 N–H and O–H groups in total. The summed E-state index contributed by atoms with van der Waals surface area (Å²) in [6.07, 6.45) is 0. The molecule has 0 fully saturated rings. The normalized spacial score (nSPS) is 11.2. The van der Waals surface area contributed by atoms with Crippen molar-refractivity contribution in [1.82, 2.24) is 0 Å². The Labute approximate surface area is 125 Å². The van der Waals surface area contributed by atoms with Crippen molar-refractivity contribution >= 4 is 21.4 Å². The molecule has 0 aliphatic carbocycles. The molecule has 0 spiro atoms. The van der Waals surface area contributed by atoms with E-state index >= 15 is 0 Å². The quantitative estimate of drug-likeness (QED) is 0.880. The highest BCUT2D eigenvalue weighted by Crippen LogP contribution is 2.32. The molecule has 0 saturated heterocycles. The van der Waals surface area contributed by atoms with Crippen LogP contribution in [0.25, 0.3) is 0 Å². The number of hydrogen-bond donors (Lipinski definition) is 1. The number of sulfonamides is 1. The lowest BCUT2D eigenvalue weighted by atomic mass is 10.2. The highest BCUT2D eigenvalue weighted by atomic mass is 32.2. The van der Waals surface area contributed by atoms with Crippen molar-refractivity contribution in [3.63, 3.8) is 0 Å². The van der Waals surface area contributed by atoms with Gasteiger partial charge in [0, 0.05) is 12.7 Å². The van der Waals surface area contributed by atoms with Crippen molar-refractivity contribution < 1.29 is 13.2 Å². The predicted molar refractivity (Wildman–Crippen MR) is 84.2 cm³/mol. The van der Waals surface area contributed by atoms with Crippen molar-refractivity contribution in [2.45, 2.75) is 11.8 Å². The Morgan fingerprint density at radius 1 is 1.10 bits per heavy atom. The first-order chi connectivity index (χ1) is 9.89. The number of para-hydroxylation sites is 2. The van der Waals surface area contributed by atoms with E-state index in [0.29, 0.717) is 22.7 Å². The van der Waals surface area contributed by atoms with Gasteiger partial charge in [-0.25, -0.2) is 8.42 Å². The minimum Gasteiger partial charge on any atom is -0.495 e. The molecule has 2 rings (SSSR count). The molecule has 0 aliphatic rings. The van der Waals surface area contributed by atoms with E-state index in [1.807, 2.05) is 0 Å². The van der Waals surface area contributed by atoms with Gasteiger partial charge < -0.3 is 10.5 Å². The fraction of sp³-hybridized carbons (Fsp3) is 0.200. The second-order valence-corrected chi connectivity index (χ2v) is 6.55. The molecule has 0 amide bonds. The molecule has 0 saturated carbocycles. The van der Waals surface area contributed by atoms with Crippen LogP contribution < -0.4 is 14.8 Å². The first-order valence-electron chi connectivity index (χ1n) is 6.36. The van der Waals surface area contributed by atoms with Crippen LogP contribution in [0.5, 0.6) is 5.75 Å². The average molecular weight is 306 g/mol. The maximum absolute atomic E-state index is 12.8. The van der Waals surface area contributed by atoms with E-state index in [9.17, 15) is 8.42 Å². The zero-order chi connectivity index (χ0) is 15.6. The topological polar surface area (TPSA) is 72.6 Å². The van der Waals surface area contributed by atoms with Crippen LogP contribution in [0.1, 0.15) is 5.56 Å². The van der Waals surface area contributed by atoms with Crippen LogP contribution in [-0.4, -0.2) is 22.6 Å². The molecule has 2 aromatic carbocycles. The molecule has 0 bridgehead atoms. The van der Waals surface area contributed by atoms with Gasteiger partial charge in [-0.15, -0.1) is 0 Å². The van der Waals surface area contributed by atoms with Gasteiger partial charge in [-0.1, -0.05) is 18.2 Å². The Morgan fingerprint density at radius 2 is 1.76 bits per heavy atom. The van der Waals surface area contributed by atoms with E-state index in [1.54, 1.807) is 49.4 Å². The molecule has 0 aliphatic heterocycles. The zero-order valence-corrected chi connectivity index (χ0v) is 13.0. The number of nitrogens with two attached hydrogens (primary N) is 1. The van der Waals surface area contributed by atoms with Gasteiger partial charge in [0.15, 0.2) is 0 Å². The van der Waals surface area contributed by atoms with Crippen molar-refractivity contribution in [2.75, 3.05) is 24.2 Å². The first kappa shape index (κ1) is 15.2. The number of nitrogen functional groups attached to an aromatic ring is 1. The Balaban J connectivity index is 2.56. The van der Waals surface area contributed by atoms with E-state index in [-0.39, 0.29) is 4.90 Å². The number of benzene rings is 2. The minimum atomic E-state index is -3.70. The van der Waals surface area contributed by atoms with Crippen LogP contribution >= 0.6 is 0 Å². The summed E-state index contributed by atoms with van der Waals surface area (Å²) < 4.78 is 32.0. The predicted octanol–water partition coefficient (Wildman–Crippen LogP) is 2.41. The highest BCUT2D eigenvalue weighted by molar-refractivity contribution is 7.92. The van der Waals surface area contributed by atoms with E-state index in [1.165, 1.54) is 18.5 Å². The smallest absolute Gasteiger partial charge is 0.264 e. The summed E-state index contributed by atoms with van der Waals surface area (Å²) in [5.74, 6) is 0.491. The van der Waals surface area contributed by atoms with Gasteiger partial charge in [0.2, 0.25) is 0 Å². The number of nitrogens with zero attached hydrogens (tertiary/aromatic N) is 1. The Morgan fingerprint density at radius 3 is 2.43 bits per heavy atom. The molecular weight excluding hydrogens is 288 g/mol. The highest BCUT2D eigenvalue weighted by Gasteiger charge is 2.25. The Bertz CT molecular complexity index is 757. The number of rotatable bonds is 4. The van der Waals surface area contributed by atoms with Crippen molar-refractivity contribution in [1.29, 1.82) is 0 Å². The number of anilines is 2. The van der Waals surface area contributed by atoms with E-state index in [4.69, 9.17) is 10.5 Å². The largest absolute Gasteiger partial charge is 0.495 e. The van der Waals surface area contributed by atoms with Gasteiger partial charge in [0.05, 0.1) is 17.7 Å². The van der Waals surface area contributed by atoms with E-state index in [2.05, 4.69) is 0 Å². The first-order valence-corrected chi connectivity index (χ1v) is 7.80. The zero-order valence-electron chi connectivity index (χ0n) is 12.2. The second kappa shape index (κ2) is 5.65. The van der Waals surface area contributed by atoms with Crippen LogP contribution in [0, 0.1) is 6.92 Å². The summed E-state index contributed by atoms with van der Waals surface area (Å²) in [5, 5.41) is 0. The molecule has 0 unspecified atom stereocenters. The van der Waals surface area contributed by atoms with Gasteiger partial charge >= 0.3 is 0 Å². The van der Waals surface area contributed by atoms with E-state index < -0.39 is 10.0 Å². The lowest BCUT2D eigenvalue weighted by Gasteiger charge is -2.22. The fourth-order valence-corrected chi connectivity index (χ4v) is 3.54. The van der Waals surface area contributed by atoms with Gasteiger partial charge in [0.1, 0.15) is 5.75 Å². The van der Waals surface area contributed by atoms with Crippen LogP contribution in [-0.2, 0) is 10.0 Å². The minimum absolute atomic E-state index is 0.191. The average Bonchev–Trinajstić information content (AvgIpc) is 2.49. The summed E-state index contributed by atoms with van der Waals surface area (Å²) in [6.45, 7) is 1.69. The molecule has 112 valence electrons. The van der Waals surface area contributed by atoms with Gasteiger partial charge in [-0.3, -0.25) is 4.31 Å². The lowest BCUT2D eigenvalue weighted by molar-refractivity contribution is 0.416. The molecule has 5 nitrogen and oxygen atoms in total. The van der Waals surface area contributed by atoms with Gasteiger partial charge in [-0.05, 0) is 36.8 Å². The van der Waals surface area contributed by atoms with Crippen LogP contribution in [0.15, 0.2) is 47.4 Å². The SMILES string of the molecule is COc1ccccc1N(C)S(=O)(=O)c1cccc(N)c1C. The standard InChI is InChI=1S/C15H18N2O3S/c1-11-12(16)7-6-10-15(11)21(18,19)17(2)13-8-4-5-9-14(13)20-3/h4-10H,16H2,1-3H3. The van der Waals surface area contributed by atoms with E-state index in [0.717, 1.165) is 0 Å². The molecule has 0 aromatic heterocycles. The van der Waals surface area contributed by atoms with Crippen LogP contribution in [0.3, 0.4) is 0 Å². The maximum Gasteiger partial charge on any atom is 0.264 e. The third-order valence-electron chi connectivity index (χ3n) is 3.39. The summed E-state index contributed by atoms with van der Waals surface area (Å²) in [4.78, 5) is 0.191. The summed E-state index contributed by atoms with van der Waals surface area (Å²) in [7, 11) is -0.704. The lowest BCUT2D eigenvalue weighted by Crippen LogP contribution is -2.27. The molecule has 2 aromatic rings. The summed E-state index contributed by atoms with van der Waals surface area (Å²) in [5.41, 5.74) is 7.27. The number of methoxy groups -OCH3 is 1. The third-order valence-corrected chi connectivity index (χ3v) is 5.30. The molecule has 0 radical (unpaired) electrons. The monoisotopic (exact) mass is 306 g/mol.